The van der Waals surface area contributed by atoms with E-state index in [0.29, 0.717) is 24.9 Å². The number of ketones is 1. The molecule has 3 amide bonds. The Hall–Kier alpha value is -4.39. The first kappa shape index (κ1) is 28.1. The van der Waals surface area contributed by atoms with Gasteiger partial charge in [0, 0.05) is 43.7 Å². The van der Waals surface area contributed by atoms with Crippen molar-refractivity contribution in [2.45, 2.75) is 44.8 Å². The Kier molecular flexibility index (Phi) is 7.97. The van der Waals surface area contributed by atoms with Crippen molar-refractivity contribution in [2.24, 2.45) is 0 Å². The number of aromatic nitrogens is 3. The van der Waals surface area contributed by atoms with Gasteiger partial charge >= 0.3 is 0 Å². The number of hydrogen-bond acceptors (Lipinski definition) is 8. The predicted octanol–water partition coefficient (Wildman–Crippen LogP) is 0.973. The number of piperidine rings is 1. The summed E-state index contributed by atoms with van der Waals surface area (Å²) in [5.41, 5.74) is 0.838. The van der Waals surface area contributed by atoms with Crippen LogP contribution in [0.1, 0.15) is 51.9 Å². The molecule has 2 aliphatic heterocycles. The molecule has 2 aromatic heterocycles. The lowest BCUT2D eigenvalue weighted by molar-refractivity contribution is -0.134. The zero-order valence-electron chi connectivity index (χ0n) is 23.1. The van der Waals surface area contributed by atoms with Gasteiger partial charge in [0.05, 0.1) is 6.20 Å². The topological polar surface area (TPSA) is 138 Å². The summed E-state index contributed by atoms with van der Waals surface area (Å²) < 4.78 is 20.9. The van der Waals surface area contributed by atoms with E-state index in [4.69, 9.17) is 4.74 Å². The number of rotatable bonds is 7. The van der Waals surface area contributed by atoms with Crippen molar-refractivity contribution in [3.63, 3.8) is 0 Å². The van der Waals surface area contributed by atoms with E-state index in [1.807, 2.05) is 14.1 Å². The third-order valence-electron chi connectivity index (χ3n) is 7.47. The summed E-state index contributed by atoms with van der Waals surface area (Å²) in [6.45, 7) is 2.91. The highest BCUT2D eigenvalue weighted by Gasteiger charge is 2.29. The minimum Gasteiger partial charge on any atom is -0.486 e. The number of fused-ring (bicyclic) bond motifs is 2. The third kappa shape index (κ3) is 6.04. The molecule has 1 atom stereocenters. The number of halogens is 1. The van der Waals surface area contributed by atoms with Crippen molar-refractivity contribution in [3.8, 4) is 5.75 Å². The van der Waals surface area contributed by atoms with Crippen LogP contribution in [0.15, 0.2) is 30.5 Å². The number of hydrogen-bond donors (Lipinski definition) is 2. The minimum absolute atomic E-state index is 0.0326. The molecule has 3 aromatic rings. The molecule has 0 saturated carbocycles. The fourth-order valence-electron chi connectivity index (χ4n) is 5.14. The van der Waals surface area contributed by atoms with Crippen LogP contribution in [-0.4, -0.2) is 93.8 Å². The van der Waals surface area contributed by atoms with Crippen molar-refractivity contribution in [3.05, 3.63) is 58.8 Å². The molecule has 0 unspecified atom stereocenters. The summed E-state index contributed by atoms with van der Waals surface area (Å²) in [4.78, 5) is 58.9. The molecule has 2 N–H and O–H groups in total. The molecule has 1 aromatic carbocycles. The maximum atomic E-state index is 14.5. The fraction of sp³-hybridized carbons (Fsp3) is 0.429. The second kappa shape index (κ2) is 11.6. The predicted molar refractivity (Wildman–Crippen MR) is 145 cm³/mol. The summed E-state index contributed by atoms with van der Waals surface area (Å²) in [6.07, 6.45) is 2.84. The molecular formula is C28H32FN7O5. The molecule has 1 saturated heterocycles. The Balaban J connectivity index is 1.28. The molecule has 5 rings (SSSR count). The van der Waals surface area contributed by atoms with Crippen LogP contribution in [0.3, 0.4) is 0 Å². The SMILES string of the molecule is C[C@H](NC(=O)c1cc(C(=O)NCc2ccc3c(c2)CC(=O)CO3)nc2c(F)cnn12)C(=O)N1CCC(N(C)C)CC1. The van der Waals surface area contributed by atoms with Gasteiger partial charge < -0.3 is 25.2 Å². The fourth-order valence-corrected chi connectivity index (χ4v) is 5.14. The van der Waals surface area contributed by atoms with E-state index >= 15 is 0 Å². The van der Waals surface area contributed by atoms with Crippen LogP contribution in [0.5, 0.6) is 5.75 Å². The Morgan fingerprint density at radius 2 is 1.93 bits per heavy atom. The van der Waals surface area contributed by atoms with Crippen molar-refractivity contribution in [2.75, 3.05) is 33.8 Å². The first-order chi connectivity index (χ1) is 19.6. The number of benzene rings is 1. The summed E-state index contributed by atoms with van der Waals surface area (Å²) in [5.74, 6) is -1.76. The molecule has 1 fully saturated rings. The number of ether oxygens (including phenoxy) is 1. The van der Waals surface area contributed by atoms with E-state index in [2.05, 4.69) is 25.6 Å². The normalized spacial score (nSPS) is 16.3. The van der Waals surface area contributed by atoms with Gasteiger partial charge in [-0.1, -0.05) is 6.07 Å². The van der Waals surface area contributed by atoms with E-state index < -0.39 is 23.7 Å². The van der Waals surface area contributed by atoms with Gasteiger partial charge in [0.1, 0.15) is 29.8 Å². The number of nitrogens with one attached hydrogen (secondary N) is 2. The van der Waals surface area contributed by atoms with E-state index in [-0.39, 0.29) is 48.3 Å². The largest absolute Gasteiger partial charge is 0.486 e. The van der Waals surface area contributed by atoms with Gasteiger partial charge in [0.15, 0.2) is 17.2 Å². The molecule has 4 heterocycles. The van der Waals surface area contributed by atoms with Crippen LogP contribution in [0, 0.1) is 5.82 Å². The number of likely N-dealkylation sites (tertiary alicyclic amines) is 1. The quantitative estimate of drug-likeness (QED) is 0.432. The maximum absolute atomic E-state index is 14.5. The Labute approximate surface area is 235 Å². The van der Waals surface area contributed by atoms with Crippen molar-refractivity contribution in [1.82, 2.24) is 35.0 Å². The molecule has 0 aliphatic carbocycles. The van der Waals surface area contributed by atoms with E-state index in [1.54, 1.807) is 30.0 Å². The number of amides is 3. The second-order valence-corrected chi connectivity index (χ2v) is 10.6. The molecule has 0 radical (unpaired) electrons. The standard InChI is InChI=1S/C28H32FN7O5/c1-16(28(40)35-8-6-19(7-9-35)34(2)3)32-27(39)23-12-22(33-25-21(29)14-31-36(23)25)26(38)30-13-17-4-5-24-18(10-17)11-20(37)15-41-24/h4-5,10,12,14,16,19H,6-9,11,13,15H2,1-3H3,(H,30,38)(H,32,39)/t16-/m0/s1. The zero-order valence-corrected chi connectivity index (χ0v) is 23.1. The highest BCUT2D eigenvalue weighted by Crippen LogP contribution is 2.24. The second-order valence-electron chi connectivity index (χ2n) is 10.6. The monoisotopic (exact) mass is 565 g/mol. The van der Waals surface area contributed by atoms with Crippen molar-refractivity contribution >= 4 is 29.2 Å². The Morgan fingerprint density at radius 1 is 1.17 bits per heavy atom. The van der Waals surface area contributed by atoms with Crippen molar-refractivity contribution < 1.29 is 28.3 Å². The van der Waals surface area contributed by atoms with Crippen LogP contribution >= 0.6 is 0 Å². The van der Waals surface area contributed by atoms with E-state index in [9.17, 15) is 23.6 Å². The Morgan fingerprint density at radius 3 is 2.66 bits per heavy atom. The van der Waals surface area contributed by atoms with Gasteiger partial charge in [0.2, 0.25) is 5.91 Å². The summed E-state index contributed by atoms with van der Waals surface area (Å²) in [5, 5.41) is 9.27. The van der Waals surface area contributed by atoms with Gasteiger partial charge in [-0.3, -0.25) is 19.2 Å². The first-order valence-electron chi connectivity index (χ1n) is 13.5. The zero-order chi connectivity index (χ0) is 29.3. The molecule has 2 aliphatic rings. The van der Waals surface area contributed by atoms with Gasteiger partial charge in [-0.25, -0.2) is 13.9 Å². The minimum atomic E-state index is -0.848. The van der Waals surface area contributed by atoms with Crippen LogP contribution in [0.4, 0.5) is 4.39 Å². The molecular weight excluding hydrogens is 533 g/mol. The number of Topliss-reactive ketones (excluding diaryl/α,β-unsaturated/α-hetero) is 1. The first-order valence-corrected chi connectivity index (χ1v) is 13.5. The molecule has 0 bridgehead atoms. The maximum Gasteiger partial charge on any atom is 0.270 e. The molecule has 13 heteroatoms. The number of nitrogens with zero attached hydrogens (tertiary/aromatic N) is 5. The number of carbonyl (C=O) groups is 4. The molecule has 0 spiro atoms. The summed E-state index contributed by atoms with van der Waals surface area (Å²) in [6, 6.07) is 6.05. The van der Waals surface area contributed by atoms with Gasteiger partial charge in [-0.05, 0) is 51.6 Å². The lowest BCUT2D eigenvalue weighted by Gasteiger charge is -2.36. The molecule has 216 valence electrons. The smallest absolute Gasteiger partial charge is 0.270 e. The highest BCUT2D eigenvalue weighted by molar-refractivity contribution is 6.00. The van der Waals surface area contributed by atoms with E-state index in [0.717, 1.165) is 34.7 Å². The van der Waals surface area contributed by atoms with Gasteiger partial charge in [-0.2, -0.15) is 5.10 Å². The Bertz CT molecular complexity index is 1510. The summed E-state index contributed by atoms with van der Waals surface area (Å²) >= 11 is 0. The lowest BCUT2D eigenvalue weighted by atomic mass is 10.0. The van der Waals surface area contributed by atoms with E-state index in [1.165, 1.54) is 6.07 Å². The van der Waals surface area contributed by atoms with Crippen LogP contribution in [0.25, 0.3) is 5.65 Å². The van der Waals surface area contributed by atoms with Gasteiger partial charge in [-0.15, -0.1) is 0 Å². The molecule has 41 heavy (non-hydrogen) atoms. The summed E-state index contributed by atoms with van der Waals surface area (Å²) in [7, 11) is 4.03. The van der Waals surface area contributed by atoms with Crippen LogP contribution in [0.2, 0.25) is 0 Å². The number of carbonyl (C=O) groups excluding carboxylic acids is 4. The van der Waals surface area contributed by atoms with Crippen molar-refractivity contribution in [1.29, 1.82) is 0 Å². The van der Waals surface area contributed by atoms with Gasteiger partial charge in [0.25, 0.3) is 11.8 Å². The highest BCUT2D eigenvalue weighted by atomic mass is 19.1. The van der Waals surface area contributed by atoms with Crippen LogP contribution < -0.4 is 15.4 Å². The third-order valence-corrected chi connectivity index (χ3v) is 7.47. The average molecular weight is 566 g/mol. The molecule has 12 nitrogen and oxygen atoms in total. The lowest BCUT2D eigenvalue weighted by Crippen LogP contribution is -2.51. The van der Waals surface area contributed by atoms with Crippen LogP contribution in [-0.2, 0) is 22.6 Å². The average Bonchev–Trinajstić information content (AvgIpc) is 3.34.